The fourth-order valence-corrected chi connectivity index (χ4v) is 3.72. The van der Waals surface area contributed by atoms with Crippen LogP contribution in [0.2, 0.25) is 0 Å². The van der Waals surface area contributed by atoms with Crippen molar-refractivity contribution in [1.29, 1.82) is 0 Å². The molecule has 1 aromatic carbocycles. The van der Waals surface area contributed by atoms with Crippen molar-refractivity contribution in [3.05, 3.63) is 39.8 Å². The average Bonchev–Trinajstić information content (AvgIpc) is 2.99. The lowest BCUT2D eigenvalue weighted by atomic mass is 9.84. The van der Waals surface area contributed by atoms with E-state index in [0.717, 1.165) is 32.5 Å². The normalized spacial score (nSPS) is 30.2. The molecule has 8 nitrogen and oxygen atoms in total. The maximum absolute atomic E-state index is 10.9. The molecule has 4 N–H and O–H groups in total. The second kappa shape index (κ2) is 5.31. The Kier molecular flexibility index (Phi) is 3.26. The third-order valence-electron chi connectivity index (χ3n) is 5.02. The summed E-state index contributed by atoms with van der Waals surface area (Å²) in [6.45, 7) is 3.20. The predicted octanol–water partition coefficient (Wildman–Crippen LogP) is 1.39. The molecular weight excluding hydrogens is 298 g/mol. The van der Waals surface area contributed by atoms with Gasteiger partial charge in [0, 0.05) is 30.3 Å². The molecule has 2 bridgehead atoms. The first-order chi connectivity index (χ1) is 11.1. The molecule has 0 radical (unpaired) electrons. The number of non-ortho nitro benzene ring substituents is 1. The van der Waals surface area contributed by atoms with E-state index in [2.05, 4.69) is 21.1 Å². The molecule has 0 unspecified atom stereocenters. The minimum Gasteiger partial charge on any atom is -0.493 e. The molecule has 0 aromatic heterocycles. The zero-order chi connectivity index (χ0) is 16.0. The van der Waals surface area contributed by atoms with E-state index in [9.17, 15) is 15.2 Å². The largest absolute Gasteiger partial charge is 0.493 e. The molecule has 4 aliphatic rings. The molecule has 0 amide bonds. The maximum Gasteiger partial charge on any atom is 0.270 e. The van der Waals surface area contributed by atoms with Crippen molar-refractivity contribution in [3.8, 4) is 0 Å². The van der Waals surface area contributed by atoms with Crippen molar-refractivity contribution in [2.24, 2.45) is 5.92 Å². The molecular formula is C15H19N5O3. The smallest absolute Gasteiger partial charge is 0.270 e. The van der Waals surface area contributed by atoms with Crippen molar-refractivity contribution in [3.63, 3.8) is 0 Å². The summed E-state index contributed by atoms with van der Waals surface area (Å²) >= 11 is 0. The van der Waals surface area contributed by atoms with E-state index in [1.54, 1.807) is 6.07 Å². The number of fused-ring (bicyclic) bond motifs is 4. The van der Waals surface area contributed by atoms with Gasteiger partial charge in [-0.15, -0.1) is 0 Å². The minimum absolute atomic E-state index is 0.00221. The van der Waals surface area contributed by atoms with Crippen LogP contribution in [0.25, 0.3) is 5.70 Å². The lowest BCUT2D eigenvalue weighted by Crippen LogP contribution is -2.55. The Morgan fingerprint density at radius 2 is 2.13 bits per heavy atom. The monoisotopic (exact) mass is 317 g/mol. The summed E-state index contributed by atoms with van der Waals surface area (Å²) in [5, 5.41) is 24.6. The SMILES string of the molecule is O=[N+]([O-])c1ccc2c(c1)C(=C(O)N[C@@H]1CN3CCC1CC3)NN2. The molecule has 0 saturated carbocycles. The number of piperidine rings is 3. The van der Waals surface area contributed by atoms with Gasteiger partial charge in [0.1, 0.15) is 5.70 Å². The van der Waals surface area contributed by atoms with Crippen LogP contribution >= 0.6 is 0 Å². The minimum atomic E-state index is -0.436. The second-order valence-electron chi connectivity index (χ2n) is 6.35. The summed E-state index contributed by atoms with van der Waals surface area (Å²) in [6.07, 6.45) is 2.29. The first kappa shape index (κ1) is 14.1. The van der Waals surface area contributed by atoms with Crippen LogP contribution in [0.3, 0.4) is 0 Å². The van der Waals surface area contributed by atoms with E-state index >= 15 is 0 Å². The molecule has 4 aliphatic heterocycles. The number of hydrogen-bond acceptors (Lipinski definition) is 7. The van der Waals surface area contributed by atoms with E-state index in [0.29, 0.717) is 22.9 Å². The molecule has 3 saturated heterocycles. The summed E-state index contributed by atoms with van der Waals surface area (Å²) in [5.74, 6) is 0.609. The van der Waals surface area contributed by atoms with Gasteiger partial charge in [0.15, 0.2) is 0 Å². The Hall–Kier alpha value is -2.48. The van der Waals surface area contributed by atoms with E-state index in [4.69, 9.17) is 0 Å². The first-order valence-corrected chi connectivity index (χ1v) is 7.85. The number of aliphatic hydroxyl groups is 1. The number of nitrogens with one attached hydrogen (secondary N) is 3. The topological polar surface area (TPSA) is 103 Å². The quantitative estimate of drug-likeness (QED) is 0.379. The van der Waals surface area contributed by atoms with Crippen LogP contribution in [-0.4, -0.2) is 40.6 Å². The number of nitro benzene ring substituents is 1. The van der Waals surface area contributed by atoms with Crippen LogP contribution in [0.1, 0.15) is 18.4 Å². The summed E-state index contributed by atoms with van der Waals surface area (Å²) in [4.78, 5) is 12.9. The van der Waals surface area contributed by atoms with Crippen LogP contribution in [0, 0.1) is 16.0 Å². The Balaban J connectivity index is 1.59. The summed E-state index contributed by atoms with van der Waals surface area (Å²) < 4.78 is 0. The molecule has 23 heavy (non-hydrogen) atoms. The Morgan fingerprint density at radius 3 is 2.78 bits per heavy atom. The van der Waals surface area contributed by atoms with Crippen LogP contribution in [-0.2, 0) is 0 Å². The van der Waals surface area contributed by atoms with Gasteiger partial charge in [-0.2, -0.15) is 0 Å². The van der Waals surface area contributed by atoms with Gasteiger partial charge in [0.2, 0.25) is 5.88 Å². The molecule has 4 heterocycles. The summed E-state index contributed by atoms with van der Waals surface area (Å²) in [6, 6.07) is 4.75. The van der Waals surface area contributed by atoms with Gasteiger partial charge in [-0.1, -0.05) is 0 Å². The van der Waals surface area contributed by atoms with Gasteiger partial charge in [0.25, 0.3) is 5.69 Å². The predicted molar refractivity (Wildman–Crippen MR) is 85.5 cm³/mol. The molecule has 5 rings (SSSR count). The average molecular weight is 317 g/mol. The van der Waals surface area contributed by atoms with Gasteiger partial charge in [-0.05, 0) is 37.9 Å². The standard InChI is InChI=1S/C15H19N5O3/c21-15(16-13-8-19-5-3-9(13)4-6-19)14-11-7-10(20(22)23)1-2-12(11)17-18-14/h1-2,7,9,13,16-18,21H,3-6,8H2/t13-/m1/s1. The van der Waals surface area contributed by atoms with Crippen molar-refractivity contribution < 1.29 is 10.0 Å². The Bertz CT molecular complexity index is 682. The third-order valence-corrected chi connectivity index (χ3v) is 5.02. The number of hydrazine groups is 1. The van der Waals surface area contributed by atoms with E-state index in [-0.39, 0.29) is 17.6 Å². The number of rotatable bonds is 3. The summed E-state index contributed by atoms with van der Waals surface area (Å²) in [7, 11) is 0. The van der Waals surface area contributed by atoms with Gasteiger partial charge < -0.3 is 20.7 Å². The molecule has 8 heteroatoms. The third kappa shape index (κ3) is 2.44. The lowest BCUT2D eigenvalue weighted by Gasteiger charge is -2.45. The highest BCUT2D eigenvalue weighted by molar-refractivity contribution is 5.83. The molecule has 1 aromatic rings. The van der Waals surface area contributed by atoms with Gasteiger partial charge in [0.05, 0.1) is 10.6 Å². The summed E-state index contributed by atoms with van der Waals surface area (Å²) in [5.41, 5.74) is 7.61. The highest BCUT2D eigenvalue weighted by Gasteiger charge is 2.35. The van der Waals surface area contributed by atoms with Gasteiger partial charge in [-0.25, -0.2) is 0 Å². The number of nitrogens with zero attached hydrogens (tertiary/aromatic N) is 2. The van der Waals surface area contributed by atoms with Crippen molar-refractivity contribution in [2.45, 2.75) is 18.9 Å². The van der Waals surface area contributed by atoms with E-state index in [1.165, 1.54) is 12.1 Å². The fourth-order valence-electron chi connectivity index (χ4n) is 3.72. The maximum atomic E-state index is 10.9. The van der Waals surface area contributed by atoms with Crippen LogP contribution in [0.5, 0.6) is 0 Å². The Morgan fingerprint density at radius 1 is 1.35 bits per heavy atom. The number of anilines is 1. The zero-order valence-electron chi connectivity index (χ0n) is 12.6. The molecule has 0 spiro atoms. The van der Waals surface area contributed by atoms with Crippen LogP contribution in [0.15, 0.2) is 24.1 Å². The number of nitro groups is 1. The van der Waals surface area contributed by atoms with E-state index < -0.39 is 4.92 Å². The van der Waals surface area contributed by atoms with Gasteiger partial charge in [-0.3, -0.25) is 15.5 Å². The first-order valence-electron chi connectivity index (χ1n) is 7.85. The zero-order valence-corrected chi connectivity index (χ0v) is 12.6. The number of hydrogen-bond donors (Lipinski definition) is 4. The van der Waals surface area contributed by atoms with Crippen LogP contribution in [0.4, 0.5) is 11.4 Å². The number of benzene rings is 1. The number of aliphatic hydroxyl groups excluding tert-OH is 1. The molecule has 122 valence electrons. The van der Waals surface area contributed by atoms with Gasteiger partial charge >= 0.3 is 0 Å². The van der Waals surface area contributed by atoms with Crippen LogP contribution < -0.4 is 16.2 Å². The fraction of sp³-hybridized carbons (Fsp3) is 0.467. The van der Waals surface area contributed by atoms with E-state index in [1.807, 2.05) is 0 Å². The highest BCUT2D eigenvalue weighted by atomic mass is 16.6. The second-order valence-corrected chi connectivity index (χ2v) is 6.35. The molecule has 3 fully saturated rings. The molecule has 0 aliphatic carbocycles. The Labute approximate surface area is 133 Å². The molecule has 1 atom stereocenters. The van der Waals surface area contributed by atoms with Crippen molar-refractivity contribution in [1.82, 2.24) is 15.6 Å². The van der Waals surface area contributed by atoms with Crippen molar-refractivity contribution >= 4 is 17.1 Å². The van der Waals surface area contributed by atoms with Crippen molar-refractivity contribution in [2.75, 3.05) is 25.1 Å². The lowest BCUT2D eigenvalue weighted by molar-refractivity contribution is -0.384. The highest BCUT2D eigenvalue weighted by Crippen LogP contribution is 2.33.